The molecule has 2 rings (SSSR count). The smallest absolute Gasteiger partial charge is 0.407 e. The molecule has 0 unspecified atom stereocenters. The second-order valence-electron chi connectivity index (χ2n) is 7.59. The summed E-state index contributed by atoms with van der Waals surface area (Å²) in [7, 11) is 2.89. The van der Waals surface area contributed by atoms with Crippen LogP contribution in [0.4, 0.5) is 14.7 Å². The Kier molecular flexibility index (Phi) is 11.4. The van der Waals surface area contributed by atoms with Crippen molar-refractivity contribution in [1.29, 1.82) is 0 Å². The summed E-state index contributed by atoms with van der Waals surface area (Å²) >= 11 is 1.39. The highest BCUT2D eigenvalue weighted by molar-refractivity contribution is 7.13. The van der Waals surface area contributed by atoms with Crippen LogP contribution in [0.1, 0.15) is 23.7 Å². The van der Waals surface area contributed by atoms with Gasteiger partial charge in [-0.15, -0.1) is 11.3 Å². The summed E-state index contributed by atoms with van der Waals surface area (Å²) in [6.07, 6.45) is -2.54. The van der Waals surface area contributed by atoms with E-state index in [-0.39, 0.29) is 12.5 Å². The van der Waals surface area contributed by atoms with Crippen molar-refractivity contribution in [3.8, 4) is 0 Å². The van der Waals surface area contributed by atoms with Crippen LogP contribution >= 0.6 is 11.3 Å². The van der Waals surface area contributed by atoms with Crippen LogP contribution in [0.15, 0.2) is 29.6 Å². The molecular formula is C22H31N5O7S. The quantitative estimate of drug-likeness (QED) is 0.240. The van der Waals surface area contributed by atoms with Gasteiger partial charge >= 0.3 is 12.2 Å². The monoisotopic (exact) mass is 509 g/mol. The molecule has 0 spiro atoms. The van der Waals surface area contributed by atoms with E-state index in [0.717, 1.165) is 29.7 Å². The molecule has 0 radical (unpaired) electrons. The first kappa shape index (κ1) is 28.0. The molecule has 5 N–H and O–H groups in total. The van der Waals surface area contributed by atoms with E-state index in [1.165, 1.54) is 32.5 Å². The van der Waals surface area contributed by atoms with E-state index >= 15 is 0 Å². The Morgan fingerprint density at radius 1 is 1.00 bits per heavy atom. The fourth-order valence-corrected chi connectivity index (χ4v) is 4.05. The zero-order valence-corrected chi connectivity index (χ0v) is 20.6. The number of methoxy groups -OCH3 is 2. The number of carbonyl (C=O) groups excluding carboxylic acids is 1. The van der Waals surface area contributed by atoms with E-state index in [2.05, 4.69) is 20.9 Å². The Bertz CT molecular complexity index is 949. The van der Waals surface area contributed by atoms with Gasteiger partial charge in [0.1, 0.15) is 0 Å². The van der Waals surface area contributed by atoms with Crippen molar-refractivity contribution in [1.82, 2.24) is 20.5 Å². The number of rotatable bonds is 14. The van der Waals surface area contributed by atoms with Crippen molar-refractivity contribution in [2.75, 3.05) is 32.6 Å². The summed E-state index contributed by atoms with van der Waals surface area (Å²) in [5.41, 5.74) is 3.03. The standard InChI is InChI=1S/C22H31N5O7S/c1-14(28)23-20-24-17(13-35-20)9-8-15-4-6-16(7-5-15)10-11-27(12-18(33-2)34-3)19(25-21(29)30)26-22(31)32/h4-7,13,18-19,25-26H,8-12H2,1-3H3,(H,29,30)(H,31,32)(H,23,24,28). The highest BCUT2D eigenvalue weighted by Crippen LogP contribution is 2.17. The zero-order chi connectivity index (χ0) is 25.8. The Hall–Kier alpha value is -3.26. The number of carboxylic acid groups (broad SMARTS) is 2. The van der Waals surface area contributed by atoms with Gasteiger partial charge in [0.2, 0.25) is 5.91 Å². The molecule has 0 fully saturated rings. The third kappa shape index (κ3) is 10.3. The van der Waals surface area contributed by atoms with Gasteiger partial charge in [0.15, 0.2) is 17.7 Å². The Morgan fingerprint density at radius 3 is 2.09 bits per heavy atom. The lowest BCUT2D eigenvalue weighted by atomic mass is 10.0. The number of anilines is 1. The van der Waals surface area contributed by atoms with Crippen LogP contribution in [0.2, 0.25) is 0 Å². The van der Waals surface area contributed by atoms with E-state index in [9.17, 15) is 14.4 Å². The highest BCUT2D eigenvalue weighted by Gasteiger charge is 2.25. The van der Waals surface area contributed by atoms with Gasteiger partial charge in [-0.05, 0) is 30.4 Å². The fraction of sp³-hybridized carbons (Fsp3) is 0.455. The summed E-state index contributed by atoms with van der Waals surface area (Å²) in [6.45, 7) is 1.91. The van der Waals surface area contributed by atoms with Gasteiger partial charge in [0.25, 0.3) is 0 Å². The van der Waals surface area contributed by atoms with Crippen LogP contribution < -0.4 is 16.0 Å². The van der Waals surface area contributed by atoms with Gasteiger partial charge in [-0.1, -0.05) is 24.3 Å². The summed E-state index contributed by atoms with van der Waals surface area (Å²) in [6, 6.07) is 7.98. The summed E-state index contributed by atoms with van der Waals surface area (Å²) in [5.74, 6) is -0.149. The maximum atomic E-state index is 11.2. The molecule has 3 amide bonds. The molecular weight excluding hydrogens is 478 g/mol. The number of aromatic nitrogens is 1. The number of hydrogen-bond acceptors (Lipinski definition) is 8. The molecule has 0 saturated heterocycles. The van der Waals surface area contributed by atoms with Gasteiger partial charge in [-0.2, -0.15) is 0 Å². The largest absolute Gasteiger partial charge is 0.465 e. The van der Waals surface area contributed by atoms with E-state index in [1.54, 1.807) is 4.90 Å². The average Bonchev–Trinajstić information content (AvgIpc) is 3.24. The van der Waals surface area contributed by atoms with Crippen molar-refractivity contribution < 1.29 is 34.1 Å². The predicted octanol–water partition coefficient (Wildman–Crippen LogP) is 2.17. The number of nitrogens with zero attached hydrogens (tertiary/aromatic N) is 2. The molecule has 2 aromatic rings. The summed E-state index contributed by atoms with van der Waals surface area (Å²) in [4.78, 5) is 39.5. The molecule has 0 aliphatic heterocycles. The summed E-state index contributed by atoms with van der Waals surface area (Å²) in [5, 5.41) is 27.8. The topological polar surface area (TPSA) is 162 Å². The lowest BCUT2D eigenvalue weighted by Gasteiger charge is -2.33. The van der Waals surface area contributed by atoms with Crippen molar-refractivity contribution in [2.45, 2.75) is 38.8 Å². The van der Waals surface area contributed by atoms with Gasteiger partial charge in [0.05, 0.1) is 12.2 Å². The number of thiazole rings is 1. The molecule has 13 heteroatoms. The molecule has 0 atom stereocenters. The molecule has 0 bridgehead atoms. The Balaban J connectivity index is 1.99. The highest BCUT2D eigenvalue weighted by atomic mass is 32.1. The average molecular weight is 510 g/mol. The molecule has 1 aromatic heterocycles. The third-order valence-electron chi connectivity index (χ3n) is 5.01. The van der Waals surface area contributed by atoms with Crippen molar-refractivity contribution in [3.05, 3.63) is 46.5 Å². The SMILES string of the molecule is COC(CN(CCc1ccc(CCc2csc(NC(C)=O)n2)cc1)C(NC(=O)O)NC(=O)O)OC. The molecule has 0 aliphatic rings. The second kappa shape index (κ2) is 14.2. The van der Waals surface area contributed by atoms with Crippen molar-refractivity contribution >= 4 is 34.6 Å². The number of carbonyl (C=O) groups is 3. The molecule has 1 aromatic carbocycles. The molecule has 35 heavy (non-hydrogen) atoms. The fourth-order valence-electron chi connectivity index (χ4n) is 3.26. The van der Waals surface area contributed by atoms with Crippen LogP contribution in [-0.4, -0.2) is 78.1 Å². The zero-order valence-electron chi connectivity index (χ0n) is 19.8. The first-order chi connectivity index (χ1) is 16.7. The van der Waals surface area contributed by atoms with E-state index in [0.29, 0.717) is 18.1 Å². The van der Waals surface area contributed by atoms with Gasteiger partial charge in [-0.3, -0.25) is 20.3 Å². The number of amides is 3. The minimum Gasteiger partial charge on any atom is -0.465 e. The maximum absolute atomic E-state index is 11.2. The van der Waals surface area contributed by atoms with Crippen molar-refractivity contribution in [2.24, 2.45) is 0 Å². The lowest BCUT2D eigenvalue weighted by molar-refractivity contribution is -0.122. The normalized spacial score (nSPS) is 11.1. The van der Waals surface area contributed by atoms with Crippen LogP contribution in [0.5, 0.6) is 0 Å². The lowest BCUT2D eigenvalue weighted by Crippen LogP contribution is -2.59. The van der Waals surface area contributed by atoms with Crippen LogP contribution in [0, 0.1) is 0 Å². The van der Waals surface area contributed by atoms with Gasteiger partial charge in [-0.25, -0.2) is 14.6 Å². The number of nitrogens with one attached hydrogen (secondary N) is 3. The van der Waals surface area contributed by atoms with Crippen molar-refractivity contribution in [3.63, 3.8) is 0 Å². The molecule has 1 heterocycles. The van der Waals surface area contributed by atoms with Crippen LogP contribution in [0.3, 0.4) is 0 Å². The Morgan fingerprint density at radius 2 is 1.57 bits per heavy atom. The molecule has 0 saturated carbocycles. The van der Waals surface area contributed by atoms with Gasteiger partial charge < -0.3 is 25.0 Å². The minimum atomic E-state index is -1.37. The number of aryl methyl sites for hydroxylation is 2. The van der Waals surface area contributed by atoms with Crippen LogP contribution in [-0.2, 0) is 33.5 Å². The Labute approximate surface area is 207 Å². The molecule has 0 aliphatic carbocycles. The van der Waals surface area contributed by atoms with E-state index in [1.807, 2.05) is 29.6 Å². The maximum Gasteiger partial charge on any atom is 0.407 e. The summed E-state index contributed by atoms with van der Waals surface area (Å²) < 4.78 is 10.4. The first-order valence-corrected chi connectivity index (χ1v) is 11.7. The first-order valence-electron chi connectivity index (χ1n) is 10.8. The van der Waals surface area contributed by atoms with E-state index < -0.39 is 24.8 Å². The van der Waals surface area contributed by atoms with Gasteiger partial charge in [0, 0.05) is 33.1 Å². The second-order valence-corrected chi connectivity index (χ2v) is 8.45. The minimum absolute atomic E-state index is 0.129. The number of benzene rings is 1. The third-order valence-corrected chi connectivity index (χ3v) is 5.82. The number of hydrogen-bond donors (Lipinski definition) is 5. The number of ether oxygens (including phenoxy) is 2. The predicted molar refractivity (Wildman–Crippen MR) is 129 cm³/mol. The van der Waals surface area contributed by atoms with Crippen LogP contribution in [0.25, 0.3) is 0 Å². The van der Waals surface area contributed by atoms with E-state index in [4.69, 9.17) is 19.7 Å². The molecule has 12 nitrogen and oxygen atoms in total. The molecule has 192 valence electrons.